The van der Waals surface area contributed by atoms with E-state index >= 15 is 0 Å². The van der Waals surface area contributed by atoms with E-state index in [4.69, 9.17) is 5.26 Å². The summed E-state index contributed by atoms with van der Waals surface area (Å²) in [7, 11) is -2.36. The van der Waals surface area contributed by atoms with Crippen molar-refractivity contribution < 1.29 is 13.2 Å². The van der Waals surface area contributed by atoms with Crippen LogP contribution in [-0.4, -0.2) is 21.4 Å². The standard InChI is InChI=1S/C15H13N3O3S/c1-17-15(19)11-6-8-13(9-7-11)18-22(20,21)14-5-3-2-4-12(14)10-16/h2-9,18H,1H3,(H,17,19). The summed E-state index contributed by atoms with van der Waals surface area (Å²) in [6, 6.07) is 13.8. The number of hydrogen-bond donors (Lipinski definition) is 2. The Bertz CT molecular complexity index is 837. The molecule has 0 fully saturated rings. The number of amides is 1. The summed E-state index contributed by atoms with van der Waals surface area (Å²) in [4.78, 5) is 11.3. The summed E-state index contributed by atoms with van der Waals surface area (Å²) in [6.07, 6.45) is 0. The van der Waals surface area contributed by atoms with Crippen LogP contribution in [0.15, 0.2) is 53.4 Å². The number of anilines is 1. The fourth-order valence-electron chi connectivity index (χ4n) is 1.84. The van der Waals surface area contributed by atoms with Crippen molar-refractivity contribution >= 4 is 21.6 Å². The van der Waals surface area contributed by atoms with Crippen LogP contribution in [0.5, 0.6) is 0 Å². The monoisotopic (exact) mass is 315 g/mol. The largest absolute Gasteiger partial charge is 0.355 e. The highest BCUT2D eigenvalue weighted by Crippen LogP contribution is 2.19. The Kier molecular flexibility index (Phi) is 4.44. The van der Waals surface area contributed by atoms with Crippen molar-refractivity contribution in [2.45, 2.75) is 4.90 Å². The Hall–Kier alpha value is -2.85. The first-order chi connectivity index (χ1) is 10.5. The minimum Gasteiger partial charge on any atom is -0.355 e. The van der Waals surface area contributed by atoms with Gasteiger partial charge in [0, 0.05) is 18.3 Å². The van der Waals surface area contributed by atoms with Gasteiger partial charge in [-0.15, -0.1) is 0 Å². The van der Waals surface area contributed by atoms with E-state index in [2.05, 4.69) is 10.0 Å². The number of nitrogens with one attached hydrogen (secondary N) is 2. The Morgan fingerprint density at radius 1 is 1.09 bits per heavy atom. The zero-order valence-corrected chi connectivity index (χ0v) is 12.5. The molecule has 0 unspecified atom stereocenters. The molecule has 22 heavy (non-hydrogen) atoms. The van der Waals surface area contributed by atoms with Crippen molar-refractivity contribution in [2.24, 2.45) is 0 Å². The normalized spacial score (nSPS) is 10.5. The van der Waals surface area contributed by atoms with Gasteiger partial charge in [-0.25, -0.2) is 8.42 Å². The molecule has 0 spiro atoms. The lowest BCUT2D eigenvalue weighted by atomic mass is 10.2. The molecule has 0 aliphatic rings. The summed E-state index contributed by atoms with van der Waals surface area (Å²) in [6.45, 7) is 0. The molecule has 0 atom stereocenters. The first-order valence-corrected chi connectivity index (χ1v) is 7.80. The van der Waals surface area contributed by atoms with Gasteiger partial charge in [-0.3, -0.25) is 9.52 Å². The predicted octanol–water partition coefficient (Wildman–Crippen LogP) is 1.72. The minimum absolute atomic E-state index is 0.0666. The minimum atomic E-state index is -3.87. The lowest BCUT2D eigenvalue weighted by molar-refractivity contribution is 0.0963. The third kappa shape index (κ3) is 3.24. The van der Waals surface area contributed by atoms with Crippen LogP contribution in [0.4, 0.5) is 5.69 Å². The molecule has 0 heterocycles. The summed E-state index contributed by atoms with van der Waals surface area (Å²) in [5.41, 5.74) is 0.792. The summed E-state index contributed by atoms with van der Waals surface area (Å²) < 4.78 is 27.0. The molecule has 0 saturated heterocycles. The maximum Gasteiger partial charge on any atom is 0.263 e. The Morgan fingerprint density at radius 3 is 2.32 bits per heavy atom. The molecule has 6 nitrogen and oxygen atoms in total. The van der Waals surface area contributed by atoms with E-state index in [0.717, 1.165) is 0 Å². The Morgan fingerprint density at radius 2 is 1.73 bits per heavy atom. The zero-order valence-electron chi connectivity index (χ0n) is 11.7. The quantitative estimate of drug-likeness (QED) is 0.897. The lowest BCUT2D eigenvalue weighted by Crippen LogP contribution is -2.18. The molecule has 0 aromatic heterocycles. The van der Waals surface area contributed by atoms with Crippen LogP contribution in [0.1, 0.15) is 15.9 Å². The number of rotatable bonds is 4. The molecule has 2 N–H and O–H groups in total. The molecule has 1 amide bonds. The van der Waals surface area contributed by atoms with Crippen LogP contribution in [0.25, 0.3) is 0 Å². The number of nitriles is 1. The van der Waals surface area contributed by atoms with Crippen molar-refractivity contribution in [2.75, 3.05) is 11.8 Å². The predicted molar refractivity (Wildman–Crippen MR) is 81.8 cm³/mol. The van der Waals surface area contributed by atoms with Gasteiger partial charge in [0.2, 0.25) is 0 Å². The van der Waals surface area contributed by atoms with E-state index in [0.29, 0.717) is 11.3 Å². The number of hydrogen-bond acceptors (Lipinski definition) is 4. The average molecular weight is 315 g/mol. The van der Waals surface area contributed by atoms with Gasteiger partial charge in [-0.2, -0.15) is 5.26 Å². The number of benzene rings is 2. The van der Waals surface area contributed by atoms with Gasteiger partial charge in [0.1, 0.15) is 11.0 Å². The number of sulfonamides is 1. The van der Waals surface area contributed by atoms with E-state index in [-0.39, 0.29) is 16.4 Å². The van der Waals surface area contributed by atoms with Crippen LogP contribution < -0.4 is 10.0 Å². The highest BCUT2D eigenvalue weighted by atomic mass is 32.2. The summed E-state index contributed by atoms with van der Waals surface area (Å²) in [5.74, 6) is -0.260. The second-order valence-corrected chi connectivity index (χ2v) is 6.02. The highest BCUT2D eigenvalue weighted by molar-refractivity contribution is 7.92. The summed E-state index contributed by atoms with van der Waals surface area (Å²) >= 11 is 0. The van der Waals surface area contributed by atoms with Crippen LogP contribution in [-0.2, 0) is 10.0 Å². The van der Waals surface area contributed by atoms with Gasteiger partial charge in [-0.05, 0) is 36.4 Å². The van der Waals surface area contributed by atoms with Crippen LogP contribution in [0.2, 0.25) is 0 Å². The zero-order chi connectivity index (χ0) is 16.2. The van der Waals surface area contributed by atoms with Gasteiger partial charge in [0.15, 0.2) is 0 Å². The van der Waals surface area contributed by atoms with Crippen molar-refractivity contribution in [1.82, 2.24) is 5.32 Å². The summed E-state index contributed by atoms with van der Waals surface area (Å²) in [5, 5.41) is 11.5. The molecule has 0 saturated carbocycles. The van der Waals surface area contributed by atoms with E-state index in [1.807, 2.05) is 6.07 Å². The topological polar surface area (TPSA) is 99.1 Å². The van der Waals surface area contributed by atoms with Crippen molar-refractivity contribution in [3.05, 3.63) is 59.7 Å². The van der Waals surface area contributed by atoms with Gasteiger partial charge in [0.05, 0.1) is 5.56 Å². The molecule has 0 bridgehead atoms. The molecule has 2 aromatic carbocycles. The molecule has 7 heteroatoms. The fourth-order valence-corrected chi connectivity index (χ4v) is 3.05. The third-order valence-electron chi connectivity index (χ3n) is 2.92. The fraction of sp³-hybridized carbons (Fsp3) is 0.0667. The molecule has 0 radical (unpaired) electrons. The van der Waals surface area contributed by atoms with Crippen molar-refractivity contribution in [3.8, 4) is 6.07 Å². The maximum absolute atomic E-state index is 12.3. The third-order valence-corrected chi connectivity index (χ3v) is 4.36. The molecule has 2 rings (SSSR count). The van der Waals surface area contributed by atoms with E-state index < -0.39 is 10.0 Å². The molecular weight excluding hydrogens is 302 g/mol. The molecular formula is C15H13N3O3S. The molecule has 112 valence electrons. The number of carbonyl (C=O) groups is 1. The van der Waals surface area contributed by atoms with Crippen LogP contribution in [0, 0.1) is 11.3 Å². The first-order valence-electron chi connectivity index (χ1n) is 6.32. The van der Waals surface area contributed by atoms with Gasteiger partial charge in [-0.1, -0.05) is 12.1 Å². The smallest absolute Gasteiger partial charge is 0.263 e. The number of carbonyl (C=O) groups excluding carboxylic acids is 1. The molecule has 0 aliphatic heterocycles. The first kappa shape index (κ1) is 15.5. The second-order valence-electron chi connectivity index (χ2n) is 4.37. The van der Waals surface area contributed by atoms with E-state index in [1.165, 1.54) is 43.4 Å². The Balaban J connectivity index is 2.30. The molecule has 2 aromatic rings. The van der Waals surface area contributed by atoms with E-state index in [1.54, 1.807) is 12.1 Å². The lowest BCUT2D eigenvalue weighted by Gasteiger charge is -2.09. The maximum atomic E-state index is 12.3. The van der Waals surface area contributed by atoms with Gasteiger partial charge < -0.3 is 5.32 Å². The van der Waals surface area contributed by atoms with Crippen molar-refractivity contribution in [1.29, 1.82) is 5.26 Å². The van der Waals surface area contributed by atoms with Crippen molar-refractivity contribution in [3.63, 3.8) is 0 Å². The van der Waals surface area contributed by atoms with E-state index in [9.17, 15) is 13.2 Å². The van der Waals surface area contributed by atoms with Crippen LogP contribution in [0.3, 0.4) is 0 Å². The Labute approximate surface area is 128 Å². The SMILES string of the molecule is CNC(=O)c1ccc(NS(=O)(=O)c2ccccc2C#N)cc1. The van der Waals surface area contributed by atoms with Crippen LogP contribution >= 0.6 is 0 Å². The average Bonchev–Trinajstić information content (AvgIpc) is 2.54. The van der Waals surface area contributed by atoms with Gasteiger partial charge in [0.25, 0.3) is 15.9 Å². The number of nitrogens with zero attached hydrogens (tertiary/aromatic N) is 1. The molecule has 0 aliphatic carbocycles. The van der Waals surface area contributed by atoms with Gasteiger partial charge >= 0.3 is 0 Å². The highest BCUT2D eigenvalue weighted by Gasteiger charge is 2.18. The second kappa shape index (κ2) is 6.28.